The molecular weight excluding hydrogens is 444 g/mol. The van der Waals surface area contributed by atoms with Crippen molar-refractivity contribution in [3.8, 4) is 11.8 Å². The highest BCUT2D eigenvalue weighted by atomic mass is 35.5. The largest absolute Gasteiger partial charge is 0.490 e. The molecule has 0 atom stereocenters. The second kappa shape index (κ2) is 8.36. The molecule has 0 bridgehead atoms. The Morgan fingerprint density at radius 3 is 2.41 bits per heavy atom. The fraction of sp³-hybridized carbons (Fsp3) is 0.375. The smallest absolute Gasteiger partial charge is 0.259 e. The molecule has 3 aliphatic rings. The summed E-state index contributed by atoms with van der Waals surface area (Å²) in [5, 5.41) is 13.2. The summed E-state index contributed by atoms with van der Waals surface area (Å²) >= 11 is 12.0. The molecule has 1 saturated carbocycles. The summed E-state index contributed by atoms with van der Waals surface area (Å²) in [4.78, 5) is 17.1. The minimum absolute atomic E-state index is 0.0374. The maximum atomic E-state index is 13.6. The molecule has 1 amide bonds. The number of ether oxygens (including phenoxy) is 1. The highest BCUT2D eigenvalue weighted by molar-refractivity contribution is 7.81. The van der Waals surface area contributed by atoms with E-state index in [1.807, 2.05) is 35.2 Å². The molecule has 3 fully saturated rings. The molecule has 2 aromatic carbocycles. The Balaban J connectivity index is 1.43. The fourth-order valence-corrected chi connectivity index (χ4v) is 5.41. The van der Waals surface area contributed by atoms with Crippen LogP contribution in [0.2, 0.25) is 5.02 Å². The van der Waals surface area contributed by atoms with Gasteiger partial charge in [0.15, 0.2) is 5.11 Å². The van der Waals surface area contributed by atoms with E-state index >= 15 is 0 Å². The lowest BCUT2D eigenvalue weighted by molar-refractivity contribution is -0.123. The highest BCUT2D eigenvalue weighted by Crippen LogP contribution is 2.48. The van der Waals surface area contributed by atoms with Crippen LogP contribution in [-0.2, 0) is 4.79 Å². The molecule has 1 N–H and O–H groups in total. The quantitative estimate of drug-likeness (QED) is 0.673. The van der Waals surface area contributed by atoms with Gasteiger partial charge in [-0.2, -0.15) is 5.26 Å². The molecular formula is C24H23ClN4O2S. The number of piperidine rings is 1. The van der Waals surface area contributed by atoms with Crippen LogP contribution < -0.4 is 19.9 Å². The van der Waals surface area contributed by atoms with Crippen molar-refractivity contribution in [3.05, 3.63) is 53.1 Å². The molecule has 2 aromatic rings. The summed E-state index contributed by atoms with van der Waals surface area (Å²) in [6, 6.07) is 14.9. The Bertz CT molecular complexity index is 1100. The van der Waals surface area contributed by atoms with Crippen molar-refractivity contribution < 1.29 is 9.53 Å². The molecule has 6 nitrogen and oxygen atoms in total. The zero-order valence-electron chi connectivity index (χ0n) is 17.5. The summed E-state index contributed by atoms with van der Waals surface area (Å²) in [6.07, 6.45) is 4.70. The van der Waals surface area contributed by atoms with E-state index in [9.17, 15) is 4.79 Å². The first kappa shape index (κ1) is 21.2. The monoisotopic (exact) mass is 466 g/mol. The molecule has 0 unspecified atom stereocenters. The van der Waals surface area contributed by atoms with Crippen molar-refractivity contribution in [1.82, 2.24) is 5.32 Å². The average Bonchev–Trinajstić information content (AvgIpc) is 3.02. The number of carbonyl (C=O) groups is 1. The summed E-state index contributed by atoms with van der Waals surface area (Å²) in [6.45, 7) is 1.95. The van der Waals surface area contributed by atoms with Gasteiger partial charge in [0.1, 0.15) is 23.5 Å². The van der Waals surface area contributed by atoms with Gasteiger partial charge in [-0.15, -0.1) is 0 Å². The predicted molar refractivity (Wildman–Crippen MR) is 128 cm³/mol. The first-order valence-electron chi connectivity index (χ1n) is 10.9. The Morgan fingerprint density at radius 2 is 1.81 bits per heavy atom. The minimum atomic E-state index is -0.658. The number of thiocarbonyl (C=S) groups is 1. The first-order valence-corrected chi connectivity index (χ1v) is 11.7. The normalized spacial score (nSPS) is 20.4. The van der Waals surface area contributed by atoms with Crippen LogP contribution in [0.25, 0.3) is 0 Å². The van der Waals surface area contributed by atoms with Crippen LogP contribution in [0.1, 0.15) is 37.7 Å². The lowest BCUT2D eigenvalue weighted by Crippen LogP contribution is -2.55. The molecule has 2 aliphatic heterocycles. The van der Waals surface area contributed by atoms with E-state index in [1.165, 1.54) is 0 Å². The molecule has 1 aliphatic carbocycles. The standard InChI is InChI=1S/C24H23ClN4O2S/c25-21-14-18(3-2-16(21)15-26)28-22(30)24(10-1-11-24)29(23(28)32)17-4-6-19(7-5-17)31-20-8-12-27-13-9-20/h2-7,14,20,27H,1,8-13H2. The predicted octanol–water partition coefficient (Wildman–Crippen LogP) is 4.40. The van der Waals surface area contributed by atoms with Gasteiger partial charge in [0.05, 0.1) is 16.3 Å². The van der Waals surface area contributed by atoms with Gasteiger partial charge in [0.25, 0.3) is 5.91 Å². The van der Waals surface area contributed by atoms with E-state index in [4.69, 9.17) is 33.8 Å². The van der Waals surface area contributed by atoms with Crippen LogP contribution in [0.15, 0.2) is 42.5 Å². The van der Waals surface area contributed by atoms with E-state index < -0.39 is 5.54 Å². The molecule has 2 saturated heterocycles. The first-order chi connectivity index (χ1) is 15.5. The average molecular weight is 467 g/mol. The van der Waals surface area contributed by atoms with E-state index in [0.717, 1.165) is 56.6 Å². The molecule has 0 aromatic heterocycles. The second-order valence-corrected chi connectivity index (χ2v) is 9.25. The molecule has 8 heteroatoms. The van der Waals surface area contributed by atoms with Crippen LogP contribution >= 0.6 is 23.8 Å². The number of hydrogen-bond donors (Lipinski definition) is 1. The van der Waals surface area contributed by atoms with Crippen molar-refractivity contribution in [2.24, 2.45) is 0 Å². The van der Waals surface area contributed by atoms with Crippen LogP contribution in [0, 0.1) is 11.3 Å². The summed E-state index contributed by atoms with van der Waals surface area (Å²) < 4.78 is 6.13. The summed E-state index contributed by atoms with van der Waals surface area (Å²) in [5.41, 5.74) is 1.17. The van der Waals surface area contributed by atoms with Gasteiger partial charge in [-0.1, -0.05) is 11.6 Å². The Hall–Kier alpha value is -2.66. The number of halogens is 1. The van der Waals surface area contributed by atoms with Crippen LogP contribution in [0.4, 0.5) is 11.4 Å². The summed E-state index contributed by atoms with van der Waals surface area (Å²) in [5.74, 6) is 0.792. The molecule has 0 radical (unpaired) electrons. The van der Waals surface area contributed by atoms with Crippen molar-refractivity contribution >= 4 is 46.2 Å². The number of carbonyl (C=O) groups excluding carboxylic acids is 1. The third kappa shape index (κ3) is 3.43. The minimum Gasteiger partial charge on any atom is -0.490 e. The molecule has 1 spiro atoms. The van der Waals surface area contributed by atoms with Crippen molar-refractivity contribution in [1.29, 1.82) is 5.26 Å². The van der Waals surface area contributed by atoms with Gasteiger partial charge in [-0.05, 0) is 99.9 Å². The van der Waals surface area contributed by atoms with Crippen molar-refractivity contribution in [2.75, 3.05) is 22.9 Å². The Morgan fingerprint density at radius 1 is 1.12 bits per heavy atom. The number of anilines is 2. The number of rotatable bonds is 4. The molecule has 164 valence electrons. The maximum Gasteiger partial charge on any atom is 0.259 e. The number of nitriles is 1. The number of amides is 1. The number of nitrogens with zero attached hydrogens (tertiary/aromatic N) is 3. The van der Waals surface area contributed by atoms with E-state index in [1.54, 1.807) is 23.1 Å². The zero-order valence-corrected chi connectivity index (χ0v) is 19.1. The Kier molecular flexibility index (Phi) is 5.54. The number of benzene rings is 2. The van der Waals surface area contributed by atoms with Gasteiger partial charge in [-0.25, -0.2) is 0 Å². The lowest BCUT2D eigenvalue weighted by Gasteiger charge is -2.43. The lowest BCUT2D eigenvalue weighted by atomic mass is 9.75. The van der Waals surface area contributed by atoms with E-state index in [0.29, 0.717) is 21.4 Å². The third-order valence-corrected chi connectivity index (χ3v) is 7.29. The molecule has 2 heterocycles. The van der Waals surface area contributed by atoms with Gasteiger partial charge in [0, 0.05) is 5.69 Å². The van der Waals surface area contributed by atoms with Crippen molar-refractivity contribution in [2.45, 2.75) is 43.7 Å². The highest BCUT2D eigenvalue weighted by Gasteiger charge is 2.59. The molecule has 32 heavy (non-hydrogen) atoms. The van der Waals surface area contributed by atoms with Gasteiger partial charge in [0.2, 0.25) is 0 Å². The van der Waals surface area contributed by atoms with Gasteiger partial charge in [-0.3, -0.25) is 9.69 Å². The topological polar surface area (TPSA) is 68.6 Å². The van der Waals surface area contributed by atoms with Crippen LogP contribution in [-0.4, -0.2) is 35.8 Å². The molecule has 5 rings (SSSR count). The number of hydrogen-bond acceptors (Lipinski definition) is 5. The van der Waals surface area contributed by atoms with Gasteiger partial charge < -0.3 is 15.0 Å². The van der Waals surface area contributed by atoms with Crippen LogP contribution in [0.5, 0.6) is 5.75 Å². The second-order valence-electron chi connectivity index (χ2n) is 8.48. The number of nitrogens with one attached hydrogen (secondary N) is 1. The maximum absolute atomic E-state index is 13.6. The van der Waals surface area contributed by atoms with Crippen LogP contribution in [0.3, 0.4) is 0 Å². The SMILES string of the molecule is N#Cc1ccc(N2C(=O)C3(CCC3)N(c3ccc(OC4CCNCC4)cc3)C2=S)cc1Cl. The summed E-state index contributed by atoms with van der Waals surface area (Å²) in [7, 11) is 0. The zero-order chi connectivity index (χ0) is 22.3. The van der Waals surface area contributed by atoms with E-state index in [2.05, 4.69) is 5.32 Å². The van der Waals surface area contributed by atoms with Gasteiger partial charge >= 0.3 is 0 Å². The fourth-order valence-electron chi connectivity index (χ4n) is 4.72. The third-order valence-electron chi connectivity index (χ3n) is 6.61. The Labute approximate surface area is 197 Å². The van der Waals surface area contributed by atoms with Crippen molar-refractivity contribution in [3.63, 3.8) is 0 Å². The van der Waals surface area contributed by atoms with E-state index in [-0.39, 0.29) is 12.0 Å².